The number of carbonyl (C=O) groups excluding carboxylic acids is 2. The second-order valence-electron chi connectivity index (χ2n) is 7.67. The van der Waals surface area contributed by atoms with Crippen molar-refractivity contribution in [2.45, 2.75) is 20.8 Å². The summed E-state index contributed by atoms with van der Waals surface area (Å²) in [5.41, 5.74) is 5.59. The predicted octanol–water partition coefficient (Wildman–Crippen LogP) is 4.82. The molecule has 4 rings (SSSR count). The third-order valence-electron chi connectivity index (χ3n) is 5.34. The van der Waals surface area contributed by atoms with Crippen LogP contribution in [0.4, 0.5) is 0 Å². The number of rotatable bonds is 6. The van der Waals surface area contributed by atoms with E-state index in [1.165, 1.54) is 12.1 Å². The molecule has 0 fully saturated rings. The van der Waals surface area contributed by atoms with Crippen molar-refractivity contribution < 1.29 is 18.7 Å². The summed E-state index contributed by atoms with van der Waals surface area (Å²) in [5.74, 6) is -0.338. The van der Waals surface area contributed by atoms with Crippen LogP contribution >= 0.6 is 11.6 Å². The van der Waals surface area contributed by atoms with E-state index in [1.807, 2.05) is 6.07 Å². The normalized spacial score (nSPS) is 10.9. The lowest BCUT2D eigenvalue weighted by Gasteiger charge is -2.12. The first-order valence-electron chi connectivity index (χ1n) is 10.2. The molecular formula is C25H21ClN2O5. The summed E-state index contributed by atoms with van der Waals surface area (Å²) in [6, 6.07) is 15.0. The van der Waals surface area contributed by atoms with Crippen molar-refractivity contribution in [3.05, 3.63) is 98.1 Å². The van der Waals surface area contributed by atoms with Gasteiger partial charge in [0.1, 0.15) is 11.3 Å². The molecular weight excluding hydrogens is 444 g/mol. The molecule has 2 aromatic heterocycles. The highest BCUT2D eigenvalue weighted by Crippen LogP contribution is 2.31. The Hall–Kier alpha value is -3.84. The monoisotopic (exact) mass is 464 g/mol. The number of ketones is 1. The van der Waals surface area contributed by atoms with Gasteiger partial charge in [0.05, 0.1) is 5.02 Å². The molecule has 0 saturated carbocycles. The quantitative estimate of drug-likeness (QED) is 0.326. The summed E-state index contributed by atoms with van der Waals surface area (Å²) < 4.78 is 12.4. The van der Waals surface area contributed by atoms with Crippen LogP contribution in [0.15, 0.2) is 63.8 Å². The fourth-order valence-electron chi connectivity index (χ4n) is 3.62. The Morgan fingerprint density at radius 1 is 1.06 bits per heavy atom. The van der Waals surface area contributed by atoms with Crippen LogP contribution in [-0.4, -0.2) is 23.0 Å². The number of amides is 1. The van der Waals surface area contributed by atoms with E-state index in [4.69, 9.17) is 20.8 Å². The molecule has 33 heavy (non-hydrogen) atoms. The molecule has 2 heterocycles. The summed E-state index contributed by atoms with van der Waals surface area (Å²) in [5, 5.41) is 0.990. The van der Waals surface area contributed by atoms with E-state index in [1.54, 1.807) is 61.8 Å². The molecule has 0 radical (unpaired) electrons. The zero-order chi connectivity index (χ0) is 23.7. The van der Waals surface area contributed by atoms with Gasteiger partial charge in [0.15, 0.2) is 6.61 Å². The van der Waals surface area contributed by atoms with Gasteiger partial charge in [-0.25, -0.2) is 4.79 Å². The summed E-state index contributed by atoms with van der Waals surface area (Å²) in [6.45, 7) is 5.04. The maximum Gasteiger partial charge on any atom is 0.336 e. The Morgan fingerprint density at radius 3 is 2.52 bits per heavy atom. The van der Waals surface area contributed by atoms with Crippen molar-refractivity contribution in [1.29, 1.82) is 0 Å². The van der Waals surface area contributed by atoms with Crippen molar-refractivity contribution in [3.8, 4) is 5.75 Å². The van der Waals surface area contributed by atoms with Crippen molar-refractivity contribution >= 4 is 34.3 Å². The van der Waals surface area contributed by atoms with E-state index >= 15 is 0 Å². The topological polar surface area (TPSA) is 90.5 Å². The lowest BCUT2D eigenvalue weighted by atomic mass is 10.1. The van der Waals surface area contributed by atoms with Crippen LogP contribution < -0.4 is 15.8 Å². The second-order valence-corrected chi connectivity index (χ2v) is 8.07. The van der Waals surface area contributed by atoms with Gasteiger partial charge >= 0.3 is 5.63 Å². The Morgan fingerprint density at radius 2 is 1.79 bits per heavy atom. The van der Waals surface area contributed by atoms with Gasteiger partial charge in [-0.15, -0.1) is 0 Å². The van der Waals surface area contributed by atoms with Gasteiger partial charge in [-0.1, -0.05) is 29.8 Å². The standard InChI is InChI=1S/C25H21ClN2O5/c1-14-9-24(30)33-22-12-23(20(26)11-18(14)22)32-13-21(29)19-10-15(2)28(16(19)3)27-25(31)17-7-5-4-6-8-17/h4-12H,13H2,1-3H3,(H,27,31). The van der Waals surface area contributed by atoms with Gasteiger partial charge in [-0.3, -0.25) is 19.7 Å². The second kappa shape index (κ2) is 8.96. The third-order valence-corrected chi connectivity index (χ3v) is 5.64. The Kier molecular flexibility index (Phi) is 6.07. The van der Waals surface area contributed by atoms with E-state index in [2.05, 4.69) is 5.43 Å². The minimum Gasteiger partial charge on any atom is -0.484 e. The van der Waals surface area contributed by atoms with Crippen LogP contribution in [0, 0.1) is 20.8 Å². The zero-order valence-corrected chi connectivity index (χ0v) is 19.0. The third kappa shape index (κ3) is 4.54. The summed E-state index contributed by atoms with van der Waals surface area (Å²) in [7, 11) is 0. The molecule has 0 spiro atoms. The molecule has 0 atom stereocenters. The van der Waals surface area contributed by atoms with Crippen LogP contribution in [0.3, 0.4) is 0 Å². The highest BCUT2D eigenvalue weighted by Gasteiger charge is 2.19. The lowest BCUT2D eigenvalue weighted by Crippen LogP contribution is -2.25. The summed E-state index contributed by atoms with van der Waals surface area (Å²) in [6.07, 6.45) is 0. The number of hydrogen-bond acceptors (Lipinski definition) is 5. The fraction of sp³-hybridized carbons (Fsp3) is 0.160. The van der Waals surface area contributed by atoms with E-state index in [0.29, 0.717) is 38.5 Å². The molecule has 0 aliphatic rings. The first-order chi connectivity index (χ1) is 15.7. The number of hydrogen-bond donors (Lipinski definition) is 1. The molecule has 0 saturated heterocycles. The minimum atomic E-state index is -0.477. The summed E-state index contributed by atoms with van der Waals surface area (Å²) in [4.78, 5) is 37.1. The number of ether oxygens (including phenoxy) is 1. The molecule has 1 N–H and O–H groups in total. The molecule has 168 valence electrons. The molecule has 1 amide bonds. The molecule has 8 heteroatoms. The maximum atomic E-state index is 12.9. The number of Topliss-reactive ketones (excluding diaryl/α,β-unsaturated/α-hetero) is 1. The molecule has 7 nitrogen and oxygen atoms in total. The number of nitrogens with zero attached hydrogens (tertiary/aromatic N) is 1. The van der Waals surface area contributed by atoms with Crippen molar-refractivity contribution in [2.24, 2.45) is 0 Å². The predicted molar refractivity (Wildman–Crippen MR) is 126 cm³/mol. The van der Waals surface area contributed by atoms with Crippen molar-refractivity contribution in [2.75, 3.05) is 12.0 Å². The van der Waals surface area contributed by atoms with E-state index < -0.39 is 5.63 Å². The van der Waals surface area contributed by atoms with Crippen LogP contribution in [0.25, 0.3) is 11.0 Å². The van der Waals surface area contributed by atoms with Gasteiger partial charge in [0, 0.05) is 40.0 Å². The van der Waals surface area contributed by atoms with Gasteiger partial charge in [-0.05, 0) is 50.6 Å². The molecule has 0 aliphatic carbocycles. The minimum absolute atomic E-state index is 0.234. The number of fused-ring (bicyclic) bond motifs is 1. The fourth-order valence-corrected chi connectivity index (χ4v) is 3.84. The van der Waals surface area contributed by atoms with Gasteiger partial charge in [-0.2, -0.15) is 0 Å². The van der Waals surface area contributed by atoms with Crippen LogP contribution in [0.5, 0.6) is 5.75 Å². The zero-order valence-electron chi connectivity index (χ0n) is 18.3. The molecule has 0 bridgehead atoms. The van der Waals surface area contributed by atoms with E-state index in [-0.39, 0.29) is 24.0 Å². The van der Waals surface area contributed by atoms with Crippen molar-refractivity contribution in [3.63, 3.8) is 0 Å². The Labute approximate surface area is 194 Å². The number of nitrogens with one attached hydrogen (secondary N) is 1. The van der Waals surface area contributed by atoms with Gasteiger partial charge < -0.3 is 9.15 Å². The average molecular weight is 465 g/mol. The number of benzene rings is 2. The number of aryl methyl sites for hydroxylation is 2. The smallest absolute Gasteiger partial charge is 0.336 e. The molecule has 0 aliphatic heterocycles. The average Bonchev–Trinajstić information content (AvgIpc) is 3.07. The maximum absolute atomic E-state index is 12.9. The van der Waals surface area contributed by atoms with Gasteiger partial charge in [0.25, 0.3) is 5.91 Å². The van der Waals surface area contributed by atoms with Crippen LogP contribution in [-0.2, 0) is 0 Å². The van der Waals surface area contributed by atoms with Gasteiger partial charge in [0.2, 0.25) is 5.78 Å². The highest BCUT2D eigenvalue weighted by molar-refractivity contribution is 6.32. The SMILES string of the molecule is Cc1cc(=O)oc2cc(OCC(=O)c3cc(C)n(NC(=O)c4ccccc4)c3C)c(Cl)cc12. The Balaban J connectivity index is 1.53. The first-order valence-corrected chi connectivity index (χ1v) is 10.6. The van der Waals surface area contributed by atoms with E-state index in [9.17, 15) is 14.4 Å². The molecule has 0 unspecified atom stereocenters. The number of carbonyl (C=O) groups is 2. The van der Waals surface area contributed by atoms with Crippen LogP contribution in [0.1, 0.15) is 37.7 Å². The highest BCUT2D eigenvalue weighted by atomic mass is 35.5. The van der Waals surface area contributed by atoms with Crippen LogP contribution in [0.2, 0.25) is 5.02 Å². The molecule has 2 aromatic carbocycles. The largest absolute Gasteiger partial charge is 0.484 e. The number of halogens is 1. The van der Waals surface area contributed by atoms with Crippen molar-refractivity contribution in [1.82, 2.24) is 4.68 Å². The lowest BCUT2D eigenvalue weighted by molar-refractivity contribution is 0.0919. The Bertz CT molecular complexity index is 1440. The molecule has 4 aromatic rings. The first kappa shape index (κ1) is 22.4. The van der Waals surface area contributed by atoms with E-state index in [0.717, 1.165) is 5.56 Å². The summed E-state index contributed by atoms with van der Waals surface area (Å²) >= 11 is 6.31. The number of aromatic nitrogens is 1.